The van der Waals surface area contributed by atoms with Gasteiger partial charge in [-0.1, -0.05) is 0 Å². The van der Waals surface area contributed by atoms with Gasteiger partial charge >= 0.3 is 11.9 Å². The van der Waals surface area contributed by atoms with E-state index in [0.29, 0.717) is 0 Å². The fraction of sp³-hybridized carbons (Fsp3) is 0.500. The van der Waals surface area contributed by atoms with Gasteiger partial charge in [0.25, 0.3) is 0 Å². The van der Waals surface area contributed by atoms with Crippen LogP contribution in [0.15, 0.2) is 24.3 Å². The molecule has 4 atom stereocenters. The molecule has 8 heteroatoms. The molecule has 0 aromatic heterocycles. The molecule has 0 saturated carbocycles. The summed E-state index contributed by atoms with van der Waals surface area (Å²) in [5.74, 6) is -2.65. The summed E-state index contributed by atoms with van der Waals surface area (Å²) in [4.78, 5) is 46.7. The molecule has 2 N–H and O–H groups in total. The number of hydrogen-bond acceptors (Lipinski definition) is 7. The van der Waals surface area contributed by atoms with Crippen LogP contribution in [0.2, 0.25) is 0 Å². The molecule has 0 radical (unpaired) electrons. The van der Waals surface area contributed by atoms with E-state index in [-0.39, 0.29) is 6.42 Å². The molecule has 0 aromatic carbocycles. The van der Waals surface area contributed by atoms with E-state index in [0.717, 1.165) is 24.3 Å². The Morgan fingerprint density at radius 1 is 1.00 bits per heavy atom. The van der Waals surface area contributed by atoms with E-state index in [4.69, 9.17) is 9.47 Å². The van der Waals surface area contributed by atoms with E-state index in [2.05, 4.69) is 5.32 Å². The SMILES string of the molecule is CC1CC(=O)N[C@@H](C)[C@H](O)/C=C/C(=O)O[C@@H](C)C(=O)/C=C/C(=O)O1. The van der Waals surface area contributed by atoms with Crippen molar-refractivity contribution in [1.82, 2.24) is 5.32 Å². The first-order valence-corrected chi connectivity index (χ1v) is 7.47. The summed E-state index contributed by atoms with van der Waals surface area (Å²) in [6, 6.07) is -0.670. The van der Waals surface area contributed by atoms with E-state index in [1.807, 2.05) is 0 Å². The zero-order chi connectivity index (χ0) is 18.3. The summed E-state index contributed by atoms with van der Waals surface area (Å²) in [5.41, 5.74) is 0. The fourth-order valence-corrected chi connectivity index (χ4v) is 1.84. The van der Waals surface area contributed by atoms with Crippen LogP contribution in [-0.2, 0) is 28.7 Å². The lowest BCUT2D eigenvalue weighted by Crippen LogP contribution is -2.41. The van der Waals surface area contributed by atoms with Crippen molar-refractivity contribution < 1.29 is 33.8 Å². The van der Waals surface area contributed by atoms with E-state index in [9.17, 15) is 24.3 Å². The van der Waals surface area contributed by atoms with Gasteiger partial charge in [-0.15, -0.1) is 0 Å². The summed E-state index contributed by atoms with van der Waals surface area (Å²) in [7, 11) is 0. The highest BCUT2D eigenvalue weighted by atomic mass is 16.5. The summed E-state index contributed by atoms with van der Waals surface area (Å²) in [5, 5.41) is 12.4. The molecule has 0 aliphatic carbocycles. The number of carbonyl (C=O) groups is 4. The van der Waals surface area contributed by atoms with Crippen molar-refractivity contribution in [2.45, 2.75) is 51.5 Å². The number of aliphatic hydroxyl groups is 1. The summed E-state index contributed by atoms with van der Waals surface area (Å²) >= 11 is 0. The summed E-state index contributed by atoms with van der Waals surface area (Å²) in [6.45, 7) is 4.43. The average molecular weight is 339 g/mol. The van der Waals surface area contributed by atoms with Gasteiger partial charge in [0.15, 0.2) is 11.9 Å². The molecule has 132 valence electrons. The molecule has 0 fully saturated rings. The zero-order valence-corrected chi connectivity index (χ0v) is 13.7. The molecule has 1 amide bonds. The van der Waals surface area contributed by atoms with Gasteiger partial charge in [-0.25, -0.2) is 9.59 Å². The second kappa shape index (κ2) is 8.97. The molecule has 0 bridgehead atoms. The number of cyclic esters (lactones) is 2. The molecule has 24 heavy (non-hydrogen) atoms. The van der Waals surface area contributed by atoms with Crippen molar-refractivity contribution in [3.63, 3.8) is 0 Å². The fourth-order valence-electron chi connectivity index (χ4n) is 1.84. The minimum atomic E-state index is -1.13. The Morgan fingerprint density at radius 2 is 1.62 bits per heavy atom. The maximum Gasteiger partial charge on any atom is 0.331 e. The molecule has 1 rings (SSSR count). The van der Waals surface area contributed by atoms with E-state index < -0.39 is 48.0 Å². The average Bonchev–Trinajstić information content (AvgIpc) is 2.48. The molecule has 1 aliphatic rings. The Morgan fingerprint density at radius 3 is 2.29 bits per heavy atom. The van der Waals surface area contributed by atoms with Crippen LogP contribution in [0.3, 0.4) is 0 Å². The first kappa shape index (κ1) is 19.6. The first-order chi connectivity index (χ1) is 11.2. The summed E-state index contributed by atoms with van der Waals surface area (Å²) in [6.07, 6.45) is 0.963. The number of ether oxygens (including phenoxy) is 2. The van der Waals surface area contributed by atoms with Crippen LogP contribution < -0.4 is 5.32 Å². The number of rotatable bonds is 0. The highest BCUT2D eigenvalue weighted by Crippen LogP contribution is 2.04. The maximum absolute atomic E-state index is 11.8. The van der Waals surface area contributed by atoms with Gasteiger partial charge in [-0.3, -0.25) is 9.59 Å². The third-order valence-corrected chi connectivity index (χ3v) is 3.20. The molecule has 8 nitrogen and oxygen atoms in total. The van der Waals surface area contributed by atoms with Crippen LogP contribution in [0.5, 0.6) is 0 Å². The number of amides is 1. The number of aliphatic hydroxyl groups excluding tert-OH is 1. The van der Waals surface area contributed by atoms with Crippen molar-refractivity contribution in [3.8, 4) is 0 Å². The van der Waals surface area contributed by atoms with Gasteiger partial charge in [-0.05, 0) is 32.9 Å². The smallest absolute Gasteiger partial charge is 0.331 e. The number of carbonyl (C=O) groups excluding carboxylic acids is 4. The van der Waals surface area contributed by atoms with Crippen molar-refractivity contribution >= 4 is 23.6 Å². The quantitative estimate of drug-likeness (QED) is 0.587. The lowest BCUT2D eigenvalue weighted by molar-refractivity contribution is -0.147. The Kier molecular flexibility index (Phi) is 7.31. The third kappa shape index (κ3) is 6.74. The highest BCUT2D eigenvalue weighted by Gasteiger charge is 2.20. The van der Waals surface area contributed by atoms with Gasteiger partial charge in [0, 0.05) is 12.2 Å². The Labute approximate surface area is 139 Å². The van der Waals surface area contributed by atoms with Gasteiger partial charge in [0.05, 0.1) is 18.6 Å². The summed E-state index contributed by atoms with van der Waals surface area (Å²) < 4.78 is 9.81. The molecular formula is C16H21NO7. The highest BCUT2D eigenvalue weighted by molar-refractivity contribution is 5.99. The van der Waals surface area contributed by atoms with Crippen LogP contribution in [0.4, 0.5) is 0 Å². The third-order valence-electron chi connectivity index (χ3n) is 3.20. The number of hydrogen-bond donors (Lipinski definition) is 2. The normalized spacial score (nSPS) is 33.2. The Hall–Kier alpha value is -2.48. The number of esters is 2. The van der Waals surface area contributed by atoms with Gasteiger partial charge in [0.1, 0.15) is 6.10 Å². The van der Waals surface area contributed by atoms with Gasteiger partial charge in [0.2, 0.25) is 5.91 Å². The number of ketones is 1. The van der Waals surface area contributed by atoms with Crippen molar-refractivity contribution in [2.75, 3.05) is 0 Å². The van der Waals surface area contributed by atoms with Crippen LogP contribution in [0.25, 0.3) is 0 Å². The van der Waals surface area contributed by atoms with Crippen LogP contribution in [0, 0.1) is 0 Å². The van der Waals surface area contributed by atoms with Crippen molar-refractivity contribution in [2.24, 2.45) is 0 Å². The van der Waals surface area contributed by atoms with Crippen LogP contribution >= 0.6 is 0 Å². The first-order valence-electron chi connectivity index (χ1n) is 7.47. The van der Waals surface area contributed by atoms with E-state index in [1.165, 1.54) is 13.8 Å². The lowest BCUT2D eigenvalue weighted by atomic mass is 10.1. The maximum atomic E-state index is 11.8. The topological polar surface area (TPSA) is 119 Å². The van der Waals surface area contributed by atoms with Gasteiger partial charge < -0.3 is 19.9 Å². The largest absolute Gasteiger partial charge is 0.459 e. The molecule has 0 aromatic rings. The Balaban J connectivity index is 2.93. The number of nitrogens with one attached hydrogen (secondary N) is 1. The molecule has 0 spiro atoms. The Bertz CT molecular complexity index is 567. The van der Waals surface area contributed by atoms with E-state index in [1.54, 1.807) is 6.92 Å². The zero-order valence-electron chi connectivity index (χ0n) is 13.7. The van der Waals surface area contributed by atoms with Crippen molar-refractivity contribution in [3.05, 3.63) is 24.3 Å². The van der Waals surface area contributed by atoms with Crippen LogP contribution in [0.1, 0.15) is 27.2 Å². The molecule has 1 heterocycles. The molecule has 0 saturated heterocycles. The monoisotopic (exact) mass is 339 g/mol. The molecule has 1 unspecified atom stereocenters. The molecule has 1 aliphatic heterocycles. The van der Waals surface area contributed by atoms with Crippen LogP contribution in [-0.4, -0.2) is 53.1 Å². The van der Waals surface area contributed by atoms with Crippen molar-refractivity contribution in [1.29, 1.82) is 0 Å². The molecular weight excluding hydrogens is 318 g/mol. The minimum Gasteiger partial charge on any atom is -0.459 e. The minimum absolute atomic E-state index is 0.104. The standard InChI is InChI=1S/C16H21NO7/c1-9-8-14(20)17-10(2)12(18)4-6-16(22)24-11(3)13(19)5-7-15(21)23-9/h4-7,9-12,18H,8H2,1-3H3,(H,17,20)/b6-4+,7-5+/t9?,10-,11-,12+/m0/s1. The lowest BCUT2D eigenvalue weighted by Gasteiger charge is -2.19. The second-order valence-corrected chi connectivity index (χ2v) is 5.47. The van der Waals surface area contributed by atoms with E-state index >= 15 is 0 Å². The predicted molar refractivity (Wildman–Crippen MR) is 82.6 cm³/mol. The predicted octanol–water partition coefficient (Wildman–Crippen LogP) is -0.199. The van der Waals surface area contributed by atoms with Gasteiger partial charge in [-0.2, -0.15) is 0 Å². The second-order valence-electron chi connectivity index (χ2n) is 5.47.